The predicted molar refractivity (Wildman–Crippen MR) is 73.7 cm³/mol. The molecule has 0 aliphatic heterocycles. The van der Waals surface area contributed by atoms with Gasteiger partial charge in [0.25, 0.3) is 0 Å². The summed E-state index contributed by atoms with van der Waals surface area (Å²) in [6.45, 7) is 3.43. The average Bonchev–Trinajstić information content (AvgIpc) is 2.37. The topological polar surface area (TPSA) is 72.8 Å². The van der Waals surface area contributed by atoms with Crippen molar-refractivity contribution in [3.8, 4) is 0 Å². The highest BCUT2D eigenvalue weighted by Crippen LogP contribution is 2.44. The first kappa shape index (κ1) is 16.4. The molecule has 5 nitrogen and oxygen atoms in total. The Morgan fingerprint density at radius 3 is 2.42 bits per heavy atom. The summed E-state index contributed by atoms with van der Waals surface area (Å²) in [4.78, 5) is 11.6. The lowest BCUT2D eigenvalue weighted by Gasteiger charge is -2.29. The van der Waals surface area contributed by atoms with Gasteiger partial charge in [-0.2, -0.15) is 0 Å². The van der Waals surface area contributed by atoms with Gasteiger partial charge in [-0.05, 0) is 38.0 Å². The molecule has 0 heterocycles. The molecule has 0 bridgehead atoms. The van der Waals surface area contributed by atoms with Crippen LogP contribution in [-0.4, -0.2) is 50.6 Å². The molecule has 1 aliphatic rings. The lowest BCUT2D eigenvalue weighted by atomic mass is 9.84. The smallest absolute Gasteiger partial charge is 0.342 e. The Kier molecular flexibility index (Phi) is 6.24. The van der Waals surface area contributed by atoms with Crippen molar-refractivity contribution in [3.05, 3.63) is 12.2 Å². The van der Waals surface area contributed by atoms with Crippen molar-refractivity contribution in [3.63, 3.8) is 0 Å². The van der Waals surface area contributed by atoms with Crippen molar-refractivity contribution in [2.75, 3.05) is 33.7 Å². The van der Waals surface area contributed by atoms with Crippen LogP contribution in [0.4, 0.5) is 0 Å². The third-order valence-corrected chi connectivity index (χ3v) is 4.87. The van der Waals surface area contributed by atoms with Gasteiger partial charge in [-0.3, -0.25) is 0 Å². The number of methoxy groups -OCH3 is 1. The molecule has 19 heavy (non-hydrogen) atoms. The van der Waals surface area contributed by atoms with Crippen LogP contribution in [0.25, 0.3) is 0 Å². The van der Waals surface area contributed by atoms with Crippen LogP contribution in [0.15, 0.2) is 12.2 Å². The molecule has 0 aromatic carbocycles. The number of hydrogen-bond acceptors (Lipinski definition) is 5. The first-order chi connectivity index (χ1) is 8.90. The molecule has 0 spiro atoms. The van der Waals surface area contributed by atoms with Gasteiger partial charge in [-0.25, -0.2) is 4.79 Å². The first-order valence-corrected chi connectivity index (χ1v) is 9.07. The van der Waals surface area contributed by atoms with Gasteiger partial charge in [0.1, 0.15) is 7.14 Å². The Morgan fingerprint density at radius 2 is 1.95 bits per heavy atom. The second kappa shape index (κ2) is 7.22. The van der Waals surface area contributed by atoms with Gasteiger partial charge in [0, 0.05) is 6.61 Å². The molecule has 6 heteroatoms. The molecule has 1 rings (SSSR count). The summed E-state index contributed by atoms with van der Waals surface area (Å²) in [5.41, 5.74) is 0. The van der Waals surface area contributed by atoms with E-state index in [9.17, 15) is 14.5 Å². The van der Waals surface area contributed by atoms with Crippen LogP contribution in [0.3, 0.4) is 0 Å². The first-order valence-electron chi connectivity index (χ1n) is 6.40. The van der Waals surface area contributed by atoms with E-state index in [2.05, 4.69) is 4.74 Å². The van der Waals surface area contributed by atoms with Crippen molar-refractivity contribution in [1.29, 1.82) is 0 Å². The number of hydrogen-bond donors (Lipinski definition) is 1. The summed E-state index contributed by atoms with van der Waals surface area (Å²) < 4.78 is 22.2. The Labute approximate surface area is 114 Å². The van der Waals surface area contributed by atoms with Gasteiger partial charge in [0.05, 0.1) is 13.7 Å². The minimum Gasteiger partial charge on any atom is -0.467 e. The van der Waals surface area contributed by atoms with Crippen molar-refractivity contribution in [2.24, 2.45) is 11.8 Å². The number of carbonyl (C=O) groups excluding carboxylic acids is 1. The van der Waals surface area contributed by atoms with Crippen molar-refractivity contribution in [1.82, 2.24) is 0 Å². The number of esters is 1. The van der Waals surface area contributed by atoms with Crippen LogP contribution in [0.1, 0.15) is 12.8 Å². The van der Waals surface area contributed by atoms with E-state index < -0.39 is 19.0 Å². The lowest BCUT2D eigenvalue weighted by Crippen LogP contribution is -2.31. The minimum atomic E-state index is -2.72. The predicted octanol–water partition coefficient (Wildman–Crippen LogP) is 1.70. The summed E-state index contributed by atoms with van der Waals surface area (Å²) in [5, 5.41) is 9.31. The van der Waals surface area contributed by atoms with Crippen LogP contribution in [-0.2, 0) is 18.8 Å². The molecule has 0 fully saturated rings. The Hall–Kier alpha value is -0.640. The SMILES string of the molecule is COC(=O)C(OC[C@@H]1CC=CC[C@@H]1CO)P(C)(C)=O. The molecule has 0 aromatic rings. The number of rotatable bonds is 6. The quantitative estimate of drug-likeness (QED) is 0.458. The highest BCUT2D eigenvalue weighted by atomic mass is 31.2. The fourth-order valence-electron chi connectivity index (χ4n) is 2.17. The summed E-state index contributed by atoms with van der Waals surface area (Å²) in [5.74, 6) is -1.33. The number of allylic oxidation sites excluding steroid dienone is 2. The van der Waals surface area contributed by atoms with Crippen LogP contribution >= 0.6 is 7.14 Å². The van der Waals surface area contributed by atoms with E-state index in [0.717, 1.165) is 12.8 Å². The van der Waals surface area contributed by atoms with E-state index in [-0.39, 0.29) is 18.4 Å². The number of aliphatic hydroxyl groups is 1. The Bertz CT molecular complexity index is 373. The van der Waals surface area contributed by atoms with E-state index >= 15 is 0 Å². The second-order valence-corrected chi connectivity index (χ2v) is 8.63. The zero-order valence-electron chi connectivity index (χ0n) is 11.7. The Balaban J connectivity index is 2.63. The van der Waals surface area contributed by atoms with E-state index in [0.29, 0.717) is 6.61 Å². The number of aliphatic hydroxyl groups excluding tert-OH is 1. The van der Waals surface area contributed by atoms with Crippen LogP contribution < -0.4 is 0 Å². The molecule has 0 amide bonds. The highest BCUT2D eigenvalue weighted by molar-refractivity contribution is 7.63. The van der Waals surface area contributed by atoms with Crippen LogP contribution in [0.5, 0.6) is 0 Å². The van der Waals surface area contributed by atoms with Crippen molar-refractivity contribution >= 4 is 13.1 Å². The largest absolute Gasteiger partial charge is 0.467 e. The molecule has 110 valence electrons. The summed E-state index contributed by atoms with van der Waals surface area (Å²) in [6, 6.07) is 0. The molecular weight excluding hydrogens is 267 g/mol. The van der Waals surface area contributed by atoms with Gasteiger partial charge in [0.2, 0.25) is 5.85 Å². The van der Waals surface area contributed by atoms with Crippen molar-refractivity contribution in [2.45, 2.75) is 18.7 Å². The molecule has 0 radical (unpaired) electrons. The minimum absolute atomic E-state index is 0.0944. The lowest BCUT2D eigenvalue weighted by molar-refractivity contribution is -0.149. The maximum absolute atomic E-state index is 12.0. The van der Waals surface area contributed by atoms with Crippen LogP contribution in [0.2, 0.25) is 0 Å². The molecule has 0 saturated carbocycles. The summed E-state index contributed by atoms with van der Waals surface area (Å²) in [6.07, 6.45) is 5.70. The van der Waals surface area contributed by atoms with Gasteiger partial charge in [-0.1, -0.05) is 12.2 Å². The van der Waals surface area contributed by atoms with Gasteiger partial charge < -0.3 is 19.1 Å². The molecule has 3 atom stereocenters. The normalized spacial score (nSPS) is 25.1. The maximum Gasteiger partial charge on any atom is 0.342 e. The highest BCUT2D eigenvalue weighted by Gasteiger charge is 2.34. The molecule has 1 N–H and O–H groups in total. The number of ether oxygens (including phenoxy) is 2. The summed E-state index contributed by atoms with van der Waals surface area (Å²) in [7, 11) is -1.46. The average molecular weight is 290 g/mol. The molecular formula is C13H23O5P. The zero-order valence-corrected chi connectivity index (χ0v) is 12.6. The molecule has 0 aromatic heterocycles. The van der Waals surface area contributed by atoms with E-state index in [1.165, 1.54) is 20.4 Å². The monoisotopic (exact) mass is 290 g/mol. The fraction of sp³-hybridized carbons (Fsp3) is 0.769. The summed E-state index contributed by atoms with van der Waals surface area (Å²) >= 11 is 0. The molecule has 1 unspecified atom stereocenters. The van der Waals surface area contributed by atoms with Crippen molar-refractivity contribution < 1.29 is 23.9 Å². The Morgan fingerprint density at radius 1 is 1.37 bits per heavy atom. The van der Waals surface area contributed by atoms with E-state index in [1.807, 2.05) is 12.2 Å². The third-order valence-electron chi connectivity index (χ3n) is 3.38. The van der Waals surface area contributed by atoms with Gasteiger partial charge in [0.15, 0.2) is 0 Å². The molecule has 0 saturated heterocycles. The van der Waals surface area contributed by atoms with Crippen LogP contribution in [0, 0.1) is 11.8 Å². The third kappa shape index (κ3) is 4.75. The maximum atomic E-state index is 12.0. The zero-order chi connectivity index (χ0) is 14.5. The molecule has 1 aliphatic carbocycles. The number of carbonyl (C=O) groups is 1. The fourth-order valence-corrected chi connectivity index (χ4v) is 3.23. The van der Waals surface area contributed by atoms with Gasteiger partial charge >= 0.3 is 5.97 Å². The standard InChI is InChI=1S/C13H23O5P/c1-17-12(15)13(19(2,3)16)18-9-11-7-5-4-6-10(11)8-14/h4-5,10-11,13-14H,6-9H2,1-3H3/t10-,11+,13?/m1/s1. The van der Waals surface area contributed by atoms with E-state index in [4.69, 9.17) is 4.74 Å². The van der Waals surface area contributed by atoms with E-state index in [1.54, 1.807) is 0 Å². The second-order valence-electron chi connectivity index (χ2n) is 5.29. The van der Waals surface area contributed by atoms with Gasteiger partial charge in [-0.15, -0.1) is 0 Å².